The number of anilines is 1. The van der Waals surface area contributed by atoms with Crippen LogP contribution in [-0.4, -0.2) is 37.1 Å². The van der Waals surface area contributed by atoms with Crippen LogP contribution in [0.5, 0.6) is 0 Å². The maximum atomic E-state index is 13.0. The molecule has 0 unspecified atom stereocenters. The molecule has 5 rings (SSSR count). The van der Waals surface area contributed by atoms with Crippen LogP contribution in [0.15, 0.2) is 48.8 Å². The predicted octanol–water partition coefficient (Wildman–Crippen LogP) is 5.47. The summed E-state index contributed by atoms with van der Waals surface area (Å²) >= 11 is 1.67. The van der Waals surface area contributed by atoms with E-state index >= 15 is 0 Å². The van der Waals surface area contributed by atoms with Crippen LogP contribution in [0.4, 0.5) is 5.00 Å². The highest BCUT2D eigenvalue weighted by molar-refractivity contribution is 7.19. The summed E-state index contributed by atoms with van der Waals surface area (Å²) in [6.45, 7) is 7.56. The van der Waals surface area contributed by atoms with Gasteiger partial charge in [0.2, 0.25) is 0 Å². The van der Waals surface area contributed by atoms with Gasteiger partial charge in [0.25, 0.3) is 0 Å². The van der Waals surface area contributed by atoms with Crippen molar-refractivity contribution >= 4 is 22.1 Å². The van der Waals surface area contributed by atoms with Gasteiger partial charge >= 0.3 is 0 Å². The Hall–Kier alpha value is -2.50. The van der Waals surface area contributed by atoms with E-state index in [2.05, 4.69) is 54.1 Å². The zero-order valence-electron chi connectivity index (χ0n) is 17.5. The van der Waals surface area contributed by atoms with Crippen molar-refractivity contribution in [1.29, 1.82) is 0 Å². The number of thiophene rings is 1. The summed E-state index contributed by atoms with van der Waals surface area (Å²) in [6.07, 6.45) is 5.40. The Morgan fingerprint density at radius 2 is 1.73 bits per heavy atom. The average molecular weight is 419 g/mol. The minimum absolute atomic E-state index is 0.0212. The molecule has 30 heavy (non-hydrogen) atoms. The number of aromatic nitrogens is 1. The molecule has 5 heteroatoms. The molecule has 0 N–H and O–H groups in total. The van der Waals surface area contributed by atoms with Crippen molar-refractivity contribution in [2.45, 2.75) is 26.7 Å². The molecule has 0 amide bonds. The Kier molecular flexibility index (Phi) is 4.95. The minimum Gasteiger partial charge on any atom is -0.378 e. The highest BCUT2D eigenvalue weighted by Gasteiger charge is 2.37. The lowest BCUT2D eigenvalue weighted by Gasteiger charge is -2.30. The van der Waals surface area contributed by atoms with Crippen LogP contribution in [-0.2, 0) is 11.2 Å². The summed E-state index contributed by atoms with van der Waals surface area (Å²) in [5, 5.41) is 1.20. The molecule has 0 saturated carbocycles. The summed E-state index contributed by atoms with van der Waals surface area (Å²) in [5.74, 6) is 0.277. The van der Waals surface area contributed by atoms with Crippen molar-refractivity contribution in [3.63, 3.8) is 0 Å². The second kappa shape index (κ2) is 7.64. The summed E-state index contributed by atoms with van der Waals surface area (Å²) in [4.78, 5) is 20.9. The third kappa shape index (κ3) is 3.57. The zero-order valence-corrected chi connectivity index (χ0v) is 18.3. The van der Waals surface area contributed by atoms with Gasteiger partial charge in [-0.25, -0.2) is 0 Å². The number of morpholine rings is 1. The summed E-state index contributed by atoms with van der Waals surface area (Å²) < 4.78 is 5.58. The Bertz CT molecular complexity index is 1080. The molecular formula is C25H26N2O2S. The number of hydrogen-bond donors (Lipinski definition) is 0. The number of ether oxygens (including phenoxy) is 1. The fourth-order valence-corrected chi connectivity index (χ4v) is 5.89. The van der Waals surface area contributed by atoms with Crippen molar-refractivity contribution in [2.24, 2.45) is 5.41 Å². The lowest BCUT2D eigenvalue weighted by molar-refractivity contribution is 0.0918. The molecule has 4 nitrogen and oxygen atoms in total. The monoisotopic (exact) mass is 418 g/mol. The molecule has 3 aromatic rings. The first-order valence-electron chi connectivity index (χ1n) is 10.5. The second-order valence-corrected chi connectivity index (χ2v) is 9.96. The van der Waals surface area contributed by atoms with Gasteiger partial charge in [0.15, 0.2) is 5.78 Å². The van der Waals surface area contributed by atoms with E-state index in [9.17, 15) is 4.79 Å². The van der Waals surface area contributed by atoms with Gasteiger partial charge in [-0.3, -0.25) is 9.78 Å². The zero-order chi connectivity index (χ0) is 20.7. The Labute approximate surface area is 181 Å². The maximum absolute atomic E-state index is 13.0. The van der Waals surface area contributed by atoms with Crippen molar-refractivity contribution in [1.82, 2.24) is 4.98 Å². The number of hydrogen-bond acceptors (Lipinski definition) is 5. The molecule has 0 atom stereocenters. The van der Waals surface area contributed by atoms with E-state index < -0.39 is 0 Å². The van der Waals surface area contributed by atoms with E-state index in [0.717, 1.165) is 54.3 Å². The van der Waals surface area contributed by atoms with Crippen LogP contribution in [0.2, 0.25) is 0 Å². The van der Waals surface area contributed by atoms with Crippen LogP contribution in [0.3, 0.4) is 0 Å². The molecule has 0 radical (unpaired) electrons. The van der Waals surface area contributed by atoms with Gasteiger partial charge in [-0.05, 0) is 29.0 Å². The van der Waals surface area contributed by atoms with E-state index in [4.69, 9.17) is 4.74 Å². The van der Waals surface area contributed by atoms with Gasteiger partial charge in [-0.2, -0.15) is 0 Å². The van der Waals surface area contributed by atoms with Crippen molar-refractivity contribution in [3.05, 3.63) is 59.2 Å². The number of pyridine rings is 1. The van der Waals surface area contributed by atoms with Crippen LogP contribution < -0.4 is 4.90 Å². The highest BCUT2D eigenvalue weighted by Crippen LogP contribution is 2.49. The minimum atomic E-state index is -0.0212. The first-order valence-corrected chi connectivity index (χ1v) is 11.4. The lowest BCUT2D eigenvalue weighted by Crippen LogP contribution is -2.36. The number of carbonyl (C=O) groups excluding carboxylic acids is 1. The summed E-state index contributed by atoms with van der Waals surface area (Å²) in [6, 6.07) is 12.6. The number of nitrogens with zero attached hydrogens (tertiary/aromatic N) is 2. The number of fused-ring (bicyclic) bond motifs is 1. The topological polar surface area (TPSA) is 42.4 Å². The van der Waals surface area contributed by atoms with Crippen molar-refractivity contribution in [2.75, 3.05) is 31.2 Å². The molecule has 0 spiro atoms. The molecule has 1 saturated heterocycles. The average Bonchev–Trinajstić information content (AvgIpc) is 3.14. The second-order valence-electron chi connectivity index (χ2n) is 8.96. The SMILES string of the molecule is CC1(C)CC(=O)c2sc(N3CCOCC3)c(-c3cncc(-c4ccccc4)c3)c2C1. The number of Topliss-reactive ketones (excluding diaryl/α,β-unsaturated/α-hetero) is 1. The van der Waals surface area contributed by atoms with Gasteiger partial charge in [-0.15, -0.1) is 11.3 Å². The summed E-state index contributed by atoms with van der Waals surface area (Å²) in [7, 11) is 0. The summed E-state index contributed by atoms with van der Waals surface area (Å²) in [5.41, 5.74) is 5.73. The van der Waals surface area contributed by atoms with Gasteiger partial charge in [0, 0.05) is 48.6 Å². The molecule has 1 aliphatic heterocycles. The Morgan fingerprint density at radius 3 is 2.50 bits per heavy atom. The predicted molar refractivity (Wildman–Crippen MR) is 122 cm³/mol. The van der Waals surface area contributed by atoms with Crippen molar-refractivity contribution in [3.8, 4) is 22.3 Å². The Balaban J connectivity index is 1.68. The van der Waals surface area contributed by atoms with E-state index in [-0.39, 0.29) is 11.2 Å². The number of benzene rings is 1. The smallest absolute Gasteiger partial charge is 0.173 e. The molecule has 2 aliphatic rings. The van der Waals surface area contributed by atoms with E-state index in [1.165, 1.54) is 16.1 Å². The first-order chi connectivity index (χ1) is 14.5. The maximum Gasteiger partial charge on any atom is 0.173 e. The van der Waals surface area contributed by atoms with E-state index in [0.29, 0.717) is 6.42 Å². The van der Waals surface area contributed by atoms with Crippen LogP contribution in [0.1, 0.15) is 35.5 Å². The van der Waals surface area contributed by atoms with Gasteiger partial charge in [-0.1, -0.05) is 44.2 Å². The quantitative estimate of drug-likeness (QED) is 0.566. The number of rotatable bonds is 3. The van der Waals surface area contributed by atoms with E-state index in [1.807, 2.05) is 18.5 Å². The largest absolute Gasteiger partial charge is 0.378 e. The molecular weight excluding hydrogens is 392 g/mol. The standard InChI is InChI=1S/C25H26N2O2S/c1-25(2)13-20-22(19-12-18(15-26-16-19)17-6-4-3-5-7-17)24(27-8-10-29-11-9-27)30-23(20)21(28)14-25/h3-7,12,15-16H,8-11,13-14H2,1-2H3. The molecule has 0 bridgehead atoms. The lowest BCUT2D eigenvalue weighted by atomic mass is 9.75. The van der Waals surface area contributed by atoms with Gasteiger partial charge < -0.3 is 9.64 Å². The van der Waals surface area contributed by atoms with Gasteiger partial charge in [0.1, 0.15) is 5.00 Å². The van der Waals surface area contributed by atoms with Crippen LogP contribution in [0.25, 0.3) is 22.3 Å². The fourth-order valence-electron chi connectivity index (χ4n) is 4.55. The van der Waals surface area contributed by atoms with Crippen LogP contribution in [0, 0.1) is 5.41 Å². The number of carbonyl (C=O) groups is 1. The molecule has 3 heterocycles. The Morgan fingerprint density at radius 1 is 1.00 bits per heavy atom. The molecule has 1 fully saturated rings. The molecule has 2 aromatic heterocycles. The van der Waals surface area contributed by atoms with Crippen LogP contribution >= 0.6 is 11.3 Å². The van der Waals surface area contributed by atoms with Crippen molar-refractivity contribution < 1.29 is 9.53 Å². The molecule has 1 aromatic carbocycles. The first kappa shape index (κ1) is 19.5. The molecule has 1 aliphatic carbocycles. The third-order valence-electron chi connectivity index (χ3n) is 5.97. The normalized spacial score (nSPS) is 18.3. The number of ketones is 1. The third-order valence-corrected chi connectivity index (χ3v) is 7.30. The highest BCUT2D eigenvalue weighted by atomic mass is 32.1. The molecule has 154 valence electrons. The fraction of sp³-hybridized carbons (Fsp3) is 0.360. The van der Waals surface area contributed by atoms with E-state index in [1.54, 1.807) is 11.3 Å². The van der Waals surface area contributed by atoms with Gasteiger partial charge in [0.05, 0.1) is 18.1 Å².